The van der Waals surface area contributed by atoms with Crippen molar-refractivity contribution in [2.45, 2.75) is 0 Å². The van der Waals surface area contributed by atoms with E-state index in [1.165, 1.54) is 60.8 Å². The number of nitrogens with zero attached hydrogens (tertiary/aromatic N) is 1. The van der Waals surface area contributed by atoms with Gasteiger partial charge in [-0.05, 0) is 89.7 Å². The highest BCUT2D eigenvalue weighted by Gasteiger charge is 2.30. The summed E-state index contributed by atoms with van der Waals surface area (Å²) in [4.78, 5) is 0. The van der Waals surface area contributed by atoms with Crippen molar-refractivity contribution in [2.24, 2.45) is 0 Å². The molecule has 42 heavy (non-hydrogen) atoms. The summed E-state index contributed by atoms with van der Waals surface area (Å²) < 4.78 is 0. The molecule has 0 N–H and O–H groups in total. The van der Waals surface area contributed by atoms with E-state index in [1.807, 2.05) is 24.3 Å². The van der Waals surface area contributed by atoms with E-state index >= 15 is 0 Å². The first-order valence-electron chi connectivity index (χ1n) is 14.3. The quantitative estimate of drug-likeness (QED) is 0.222. The molecule has 8 rings (SSSR count). The van der Waals surface area contributed by atoms with E-state index in [4.69, 9.17) is 0 Å². The smallest absolute Gasteiger partial charge is 0.0998 e. The van der Waals surface area contributed by atoms with Crippen LogP contribution in [0, 0.1) is 11.3 Å². The molecule has 0 aromatic heterocycles. The minimum absolute atomic E-state index is 0.685. The molecule has 0 aliphatic heterocycles. The molecule has 1 heteroatoms. The lowest BCUT2D eigenvalue weighted by atomic mass is 9.82. The van der Waals surface area contributed by atoms with Gasteiger partial charge in [0.05, 0.1) is 11.6 Å². The van der Waals surface area contributed by atoms with E-state index in [0.717, 1.165) is 16.7 Å². The Balaban J connectivity index is 1.46. The Hall–Kier alpha value is -5.71. The fourth-order valence-corrected chi connectivity index (χ4v) is 6.63. The fourth-order valence-electron chi connectivity index (χ4n) is 6.63. The topological polar surface area (TPSA) is 23.8 Å². The first-order chi connectivity index (χ1) is 20.8. The lowest BCUT2D eigenvalue weighted by Crippen LogP contribution is -1.94. The van der Waals surface area contributed by atoms with Crippen LogP contribution in [0.5, 0.6) is 0 Å². The van der Waals surface area contributed by atoms with E-state index in [-0.39, 0.29) is 0 Å². The standard InChI is InChI=1S/C41H25N/c42-26-32-15-7-8-18-33(32)28-21-23-29(24-22-28)36-25-37(27-11-3-1-4-12-27)40-34-19-9-16-30-17-10-20-35(38(30)34)41(40)39(36)31-13-5-2-6-14-31/h1-25H. The summed E-state index contributed by atoms with van der Waals surface area (Å²) in [6, 6.07) is 56.1. The molecular weight excluding hydrogens is 506 g/mol. The first kappa shape index (κ1) is 24.1. The minimum atomic E-state index is 0.685. The second-order valence-electron chi connectivity index (χ2n) is 10.8. The Morgan fingerprint density at radius 1 is 0.357 bits per heavy atom. The van der Waals surface area contributed by atoms with Gasteiger partial charge in [0.2, 0.25) is 0 Å². The molecule has 0 fully saturated rings. The Kier molecular flexibility index (Phi) is 5.59. The monoisotopic (exact) mass is 531 g/mol. The van der Waals surface area contributed by atoms with Crippen LogP contribution in [0.3, 0.4) is 0 Å². The number of rotatable bonds is 4. The summed E-state index contributed by atoms with van der Waals surface area (Å²) >= 11 is 0. The van der Waals surface area contributed by atoms with E-state index < -0.39 is 0 Å². The molecule has 0 bridgehead atoms. The maximum absolute atomic E-state index is 9.69. The molecule has 0 saturated heterocycles. The zero-order chi connectivity index (χ0) is 28.0. The van der Waals surface area contributed by atoms with Crippen LogP contribution in [0.2, 0.25) is 0 Å². The van der Waals surface area contributed by atoms with Gasteiger partial charge in [0.15, 0.2) is 0 Å². The second kappa shape index (κ2) is 9.73. The van der Waals surface area contributed by atoms with Crippen molar-refractivity contribution in [1.29, 1.82) is 5.26 Å². The fraction of sp³-hybridized carbons (Fsp3) is 0. The van der Waals surface area contributed by atoms with Crippen molar-refractivity contribution < 1.29 is 0 Å². The molecule has 1 nitrogen and oxygen atoms in total. The highest BCUT2D eigenvalue weighted by atomic mass is 14.3. The average Bonchev–Trinajstić information content (AvgIpc) is 3.41. The van der Waals surface area contributed by atoms with Gasteiger partial charge in [0.1, 0.15) is 0 Å². The van der Waals surface area contributed by atoms with Crippen LogP contribution in [0.25, 0.3) is 77.5 Å². The van der Waals surface area contributed by atoms with Crippen molar-refractivity contribution >= 4 is 10.8 Å². The number of nitriles is 1. The van der Waals surface area contributed by atoms with Gasteiger partial charge in [-0.1, -0.05) is 140 Å². The third kappa shape index (κ3) is 3.70. The Labute approximate surface area is 245 Å². The highest BCUT2D eigenvalue weighted by Crippen LogP contribution is 2.57. The van der Waals surface area contributed by atoms with Gasteiger partial charge in [-0.25, -0.2) is 0 Å². The predicted octanol–water partition coefficient (Wildman–Crippen LogP) is 11.0. The summed E-state index contributed by atoms with van der Waals surface area (Å²) in [5, 5.41) is 12.3. The lowest BCUT2D eigenvalue weighted by molar-refractivity contribution is 1.48. The third-order valence-corrected chi connectivity index (χ3v) is 8.47. The van der Waals surface area contributed by atoms with Crippen LogP contribution >= 0.6 is 0 Å². The van der Waals surface area contributed by atoms with Gasteiger partial charge < -0.3 is 0 Å². The summed E-state index contributed by atoms with van der Waals surface area (Å²) in [6.45, 7) is 0. The van der Waals surface area contributed by atoms with Crippen LogP contribution in [0.1, 0.15) is 5.56 Å². The Morgan fingerprint density at radius 3 is 1.52 bits per heavy atom. The zero-order valence-electron chi connectivity index (χ0n) is 22.9. The number of hydrogen-bond donors (Lipinski definition) is 0. The van der Waals surface area contributed by atoms with Crippen molar-refractivity contribution in [1.82, 2.24) is 0 Å². The molecule has 194 valence electrons. The summed E-state index contributed by atoms with van der Waals surface area (Å²) in [6.07, 6.45) is 0. The molecule has 0 amide bonds. The maximum atomic E-state index is 9.69. The molecular formula is C41H25N. The van der Waals surface area contributed by atoms with E-state index in [1.54, 1.807) is 0 Å². The van der Waals surface area contributed by atoms with Crippen molar-refractivity contribution in [3.8, 4) is 72.8 Å². The molecule has 0 atom stereocenters. The number of hydrogen-bond acceptors (Lipinski definition) is 1. The van der Waals surface area contributed by atoms with Gasteiger partial charge in [-0.2, -0.15) is 5.26 Å². The van der Waals surface area contributed by atoms with Gasteiger partial charge in [0, 0.05) is 0 Å². The van der Waals surface area contributed by atoms with Gasteiger partial charge in [-0.15, -0.1) is 0 Å². The van der Waals surface area contributed by atoms with Gasteiger partial charge in [-0.3, -0.25) is 0 Å². The lowest BCUT2D eigenvalue weighted by Gasteiger charge is -2.21. The first-order valence-corrected chi connectivity index (χ1v) is 14.3. The SMILES string of the molecule is N#Cc1ccccc1-c1ccc(-c2cc(-c3ccccc3)c3c(c2-c2ccccc2)-c2cccc4cccc-3c24)cc1. The molecule has 1 aliphatic rings. The van der Waals surface area contributed by atoms with Crippen LogP contribution in [-0.2, 0) is 0 Å². The van der Waals surface area contributed by atoms with Crippen LogP contribution in [0.15, 0.2) is 152 Å². The summed E-state index contributed by atoms with van der Waals surface area (Å²) in [5.74, 6) is 0. The Bertz CT molecular complexity index is 2160. The zero-order valence-corrected chi connectivity index (χ0v) is 22.9. The summed E-state index contributed by atoms with van der Waals surface area (Å²) in [5.41, 5.74) is 15.1. The van der Waals surface area contributed by atoms with Crippen LogP contribution < -0.4 is 0 Å². The summed E-state index contributed by atoms with van der Waals surface area (Å²) in [7, 11) is 0. The van der Waals surface area contributed by atoms with Crippen molar-refractivity contribution in [3.05, 3.63) is 157 Å². The second-order valence-corrected chi connectivity index (χ2v) is 10.8. The van der Waals surface area contributed by atoms with Crippen LogP contribution in [0.4, 0.5) is 0 Å². The van der Waals surface area contributed by atoms with E-state index in [0.29, 0.717) is 5.56 Å². The molecule has 7 aromatic carbocycles. The maximum Gasteiger partial charge on any atom is 0.0998 e. The molecule has 0 radical (unpaired) electrons. The third-order valence-electron chi connectivity index (χ3n) is 8.47. The number of fused-ring (bicyclic) bond motifs is 3. The van der Waals surface area contributed by atoms with Gasteiger partial charge in [0.25, 0.3) is 0 Å². The van der Waals surface area contributed by atoms with Gasteiger partial charge >= 0.3 is 0 Å². The molecule has 0 spiro atoms. The van der Waals surface area contributed by atoms with E-state index in [9.17, 15) is 5.26 Å². The number of benzene rings is 7. The molecule has 0 unspecified atom stereocenters. The van der Waals surface area contributed by atoms with E-state index in [2.05, 4.69) is 133 Å². The average molecular weight is 532 g/mol. The molecule has 0 heterocycles. The predicted molar refractivity (Wildman–Crippen MR) is 175 cm³/mol. The van der Waals surface area contributed by atoms with Crippen molar-refractivity contribution in [3.63, 3.8) is 0 Å². The minimum Gasteiger partial charge on any atom is -0.192 e. The Morgan fingerprint density at radius 2 is 0.857 bits per heavy atom. The van der Waals surface area contributed by atoms with Crippen LogP contribution in [-0.4, -0.2) is 0 Å². The normalized spacial score (nSPS) is 11.3. The largest absolute Gasteiger partial charge is 0.192 e. The molecule has 0 saturated carbocycles. The molecule has 7 aromatic rings. The molecule has 1 aliphatic carbocycles. The van der Waals surface area contributed by atoms with Crippen molar-refractivity contribution in [2.75, 3.05) is 0 Å². The highest BCUT2D eigenvalue weighted by molar-refractivity contribution is 6.22.